The molecule has 0 radical (unpaired) electrons. The highest BCUT2D eigenvalue weighted by atomic mass is 15.3. The Kier molecular flexibility index (Phi) is 6.72. The number of rotatable bonds is 8. The van der Waals surface area contributed by atoms with E-state index in [1.165, 1.54) is 43.5 Å². The maximum Gasteiger partial charge on any atom is 0.229 e. The number of likely N-dealkylation sites (tertiary alicyclic amines) is 1. The molecule has 2 N–H and O–H groups in total. The third-order valence-electron chi connectivity index (χ3n) is 6.54. The molecule has 7 nitrogen and oxygen atoms in total. The second-order valence-corrected chi connectivity index (χ2v) is 9.14. The minimum absolute atomic E-state index is 0.578. The van der Waals surface area contributed by atoms with Gasteiger partial charge in [0.1, 0.15) is 0 Å². The number of piperidine rings is 1. The molecule has 0 atom stereocenters. The molecule has 1 fully saturated rings. The summed E-state index contributed by atoms with van der Waals surface area (Å²) in [6.07, 6.45) is 6.91. The van der Waals surface area contributed by atoms with Crippen molar-refractivity contribution in [2.45, 2.75) is 46.1 Å². The molecule has 0 amide bonds. The Morgan fingerprint density at radius 3 is 2.38 bits per heavy atom. The zero-order valence-electron chi connectivity index (χ0n) is 20.1. The molecule has 0 saturated carbocycles. The monoisotopic (exact) mass is 455 g/mol. The molecular weight excluding hydrogens is 422 g/mol. The number of aromatic nitrogens is 4. The highest BCUT2D eigenvalue weighted by molar-refractivity contribution is 5.90. The van der Waals surface area contributed by atoms with Gasteiger partial charge in [-0.3, -0.25) is 0 Å². The average molecular weight is 456 g/mol. The van der Waals surface area contributed by atoms with Crippen molar-refractivity contribution >= 4 is 34.2 Å². The van der Waals surface area contributed by atoms with Crippen molar-refractivity contribution in [2.75, 3.05) is 30.3 Å². The fourth-order valence-corrected chi connectivity index (χ4v) is 4.67. The first-order valence-corrected chi connectivity index (χ1v) is 12.3. The topological polar surface area (TPSA) is 70.9 Å². The highest BCUT2D eigenvalue weighted by Gasteiger charge is 2.16. The van der Waals surface area contributed by atoms with Gasteiger partial charge in [0.05, 0.1) is 5.39 Å². The lowest BCUT2D eigenvalue weighted by Crippen LogP contribution is -2.31. The van der Waals surface area contributed by atoms with Crippen LogP contribution in [0.15, 0.2) is 54.7 Å². The second-order valence-electron chi connectivity index (χ2n) is 9.14. The van der Waals surface area contributed by atoms with Crippen LogP contribution in [0.1, 0.15) is 36.8 Å². The second kappa shape index (κ2) is 10.2. The summed E-state index contributed by atoms with van der Waals surface area (Å²) < 4.78 is 2.03. The van der Waals surface area contributed by atoms with Crippen LogP contribution in [0.3, 0.4) is 0 Å². The molecular formula is C27H33N7. The Hall–Kier alpha value is -3.45. The molecule has 176 valence electrons. The number of anilines is 4. The lowest BCUT2D eigenvalue weighted by Gasteiger charge is -2.26. The van der Waals surface area contributed by atoms with E-state index in [-0.39, 0.29) is 0 Å². The molecule has 2 aromatic heterocycles. The molecule has 34 heavy (non-hydrogen) atoms. The van der Waals surface area contributed by atoms with Crippen LogP contribution in [-0.4, -0.2) is 44.3 Å². The summed E-state index contributed by atoms with van der Waals surface area (Å²) in [7, 11) is 0. The normalized spacial score (nSPS) is 14.4. The van der Waals surface area contributed by atoms with Gasteiger partial charge in [-0.25, -0.2) is 9.67 Å². The summed E-state index contributed by atoms with van der Waals surface area (Å²) in [6, 6.07) is 16.3. The van der Waals surface area contributed by atoms with Gasteiger partial charge < -0.3 is 15.5 Å². The van der Waals surface area contributed by atoms with E-state index in [1.54, 1.807) is 0 Å². The first-order valence-electron chi connectivity index (χ1n) is 12.3. The van der Waals surface area contributed by atoms with Gasteiger partial charge in [0.25, 0.3) is 0 Å². The number of hydrogen-bond donors (Lipinski definition) is 2. The Labute approximate surface area is 201 Å². The fourth-order valence-electron chi connectivity index (χ4n) is 4.67. The first kappa shape index (κ1) is 22.3. The van der Waals surface area contributed by atoms with E-state index in [2.05, 4.69) is 52.6 Å². The van der Waals surface area contributed by atoms with Crippen molar-refractivity contribution in [3.8, 4) is 0 Å². The summed E-state index contributed by atoms with van der Waals surface area (Å²) in [5.41, 5.74) is 5.29. The third kappa shape index (κ3) is 5.04. The van der Waals surface area contributed by atoms with Crippen LogP contribution in [0, 0.1) is 13.8 Å². The maximum atomic E-state index is 4.95. The van der Waals surface area contributed by atoms with Crippen LogP contribution in [0.5, 0.6) is 0 Å². The summed E-state index contributed by atoms with van der Waals surface area (Å²) in [5.74, 6) is 1.38. The SMILES string of the molecule is Cc1cccc(C)c1Nc1nn(CCCN2CCCCC2)c2nc(Nc3ccccc3)ncc12. The molecule has 7 heteroatoms. The smallest absolute Gasteiger partial charge is 0.229 e. The van der Waals surface area contributed by atoms with E-state index in [0.29, 0.717) is 5.95 Å². The van der Waals surface area contributed by atoms with Crippen LogP contribution in [0.25, 0.3) is 11.0 Å². The van der Waals surface area contributed by atoms with Crippen LogP contribution in [0.4, 0.5) is 23.1 Å². The van der Waals surface area contributed by atoms with E-state index < -0.39 is 0 Å². The molecule has 1 aliphatic rings. The van der Waals surface area contributed by atoms with Crippen LogP contribution in [0.2, 0.25) is 0 Å². The predicted molar refractivity (Wildman–Crippen MR) is 139 cm³/mol. The molecule has 1 aliphatic heterocycles. The van der Waals surface area contributed by atoms with Gasteiger partial charge in [0.2, 0.25) is 5.95 Å². The number of nitrogens with one attached hydrogen (secondary N) is 2. The quantitative estimate of drug-likeness (QED) is 0.350. The number of benzene rings is 2. The third-order valence-corrected chi connectivity index (χ3v) is 6.54. The minimum atomic E-state index is 0.578. The van der Waals surface area contributed by atoms with Crippen molar-refractivity contribution in [3.63, 3.8) is 0 Å². The van der Waals surface area contributed by atoms with Gasteiger partial charge in [-0.1, -0.05) is 42.8 Å². The molecule has 1 saturated heterocycles. The Bertz CT molecular complexity index is 1220. The van der Waals surface area contributed by atoms with Gasteiger partial charge in [0.15, 0.2) is 11.5 Å². The lowest BCUT2D eigenvalue weighted by atomic mass is 10.1. The molecule has 4 aromatic rings. The van der Waals surface area contributed by atoms with Crippen molar-refractivity contribution in [2.24, 2.45) is 0 Å². The van der Waals surface area contributed by atoms with E-state index in [0.717, 1.165) is 47.7 Å². The van der Waals surface area contributed by atoms with Gasteiger partial charge in [-0.2, -0.15) is 10.1 Å². The predicted octanol–water partition coefficient (Wildman–Crippen LogP) is 5.81. The van der Waals surface area contributed by atoms with Gasteiger partial charge >= 0.3 is 0 Å². The van der Waals surface area contributed by atoms with Crippen molar-refractivity contribution in [3.05, 3.63) is 65.9 Å². The van der Waals surface area contributed by atoms with Crippen molar-refractivity contribution in [1.82, 2.24) is 24.6 Å². The largest absolute Gasteiger partial charge is 0.338 e. The van der Waals surface area contributed by atoms with Gasteiger partial charge in [-0.15, -0.1) is 0 Å². The Morgan fingerprint density at radius 1 is 0.853 bits per heavy atom. The number of aryl methyl sites for hydroxylation is 3. The first-order chi connectivity index (χ1) is 16.7. The zero-order chi connectivity index (χ0) is 23.3. The Balaban J connectivity index is 1.43. The number of para-hydroxylation sites is 2. The van der Waals surface area contributed by atoms with E-state index in [4.69, 9.17) is 10.1 Å². The number of fused-ring (bicyclic) bond motifs is 1. The Morgan fingerprint density at radius 2 is 1.62 bits per heavy atom. The van der Waals surface area contributed by atoms with E-state index >= 15 is 0 Å². The minimum Gasteiger partial charge on any atom is -0.338 e. The lowest BCUT2D eigenvalue weighted by molar-refractivity contribution is 0.222. The van der Waals surface area contributed by atoms with Gasteiger partial charge in [-0.05, 0) is 76.0 Å². The van der Waals surface area contributed by atoms with Crippen LogP contribution in [-0.2, 0) is 6.54 Å². The van der Waals surface area contributed by atoms with Crippen LogP contribution < -0.4 is 10.6 Å². The zero-order valence-corrected chi connectivity index (χ0v) is 20.1. The molecule has 3 heterocycles. The molecule has 2 aromatic carbocycles. The van der Waals surface area contributed by atoms with Crippen LogP contribution >= 0.6 is 0 Å². The number of nitrogens with zero attached hydrogens (tertiary/aromatic N) is 5. The highest BCUT2D eigenvalue weighted by Crippen LogP contribution is 2.29. The summed E-state index contributed by atoms with van der Waals surface area (Å²) in [6.45, 7) is 8.58. The molecule has 0 bridgehead atoms. The van der Waals surface area contributed by atoms with E-state index in [1.807, 2.05) is 41.2 Å². The fraction of sp³-hybridized carbons (Fsp3) is 0.370. The maximum absolute atomic E-state index is 4.95. The standard InChI is InChI=1S/C27H33N7/c1-20-11-9-12-21(2)24(20)30-25-23-19-28-27(29-22-13-5-3-6-14-22)31-26(23)34(32-25)18-10-17-33-15-7-4-8-16-33/h3,5-6,9,11-14,19H,4,7-8,10,15-18H2,1-2H3,(H,30,32)(H,28,29,31). The van der Waals surface area contributed by atoms with Gasteiger partial charge in [0, 0.05) is 24.1 Å². The van der Waals surface area contributed by atoms with E-state index in [9.17, 15) is 0 Å². The number of hydrogen-bond acceptors (Lipinski definition) is 6. The summed E-state index contributed by atoms with van der Waals surface area (Å²) in [4.78, 5) is 12.0. The molecule has 0 spiro atoms. The van der Waals surface area contributed by atoms with Crippen molar-refractivity contribution in [1.29, 1.82) is 0 Å². The summed E-state index contributed by atoms with van der Waals surface area (Å²) >= 11 is 0. The average Bonchev–Trinajstić information content (AvgIpc) is 3.19. The molecule has 0 unspecified atom stereocenters. The van der Waals surface area contributed by atoms with Crippen molar-refractivity contribution < 1.29 is 0 Å². The molecule has 0 aliphatic carbocycles. The summed E-state index contributed by atoms with van der Waals surface area (Å²) in [5, 5.41) is 12.8. The molecule has 5 rings (SSSR count).